The summed E-state index contributed by atoms with van der Waals surface area (Å²) in [6, 6.07) is 23.0. The number of hydrogen-bond donors (Lipinski definition) is 2. The molecule has 122 valence electrons. The maximum absolute atomic E-state index is 5.34. The molecule has 2 N–H and O–H groups in total. The van der Waals surface area contributed by atoms with Gasteiger partial charge in [0.15, 0.2) is 5.11 Å². The summed E-state index contributed by atoms with van der Waals surface area (Å²) in [6.45, 7) is 0.853. The maximum Gasteiger partial charge on any atom is 0.170 e. The first-order chi connectivity index (χ1) is 11.7. The van der Waals surface area contributed by atoms with Gasteiger partial charge in [-0.25, -0.2) is 0 Å². The third kappa shape index (κ3) is 4.56. The molecule has 0 fully saturated rings. The van der Waals surface area contributed by atoms with E-state index >= 15 is 0 Å². The van der Waals surface area contributed by atoms with E-state index in [1.165, 1.54) is 16.3 Å². The summed E-state index contributed by atoms with van der Waals surface area (Å²) in [5.41, 5.74) is 2.38. The van der Waals surface area contributed by atoms with Crippen LogP contribution in [0.15, 0.2) is 71.2 Å². The summed E-state index contributed by atoms with van der Waals surface area (Å²) >= 11 is 8.77. The normalized spacial score (nSPS) is 10.5. The van der Waals surface area contributed by atoms with Crippen LogP contribution in [0, 0.1) is 0 Å². The van der Waals surface area contributed by atoms with Crippen LogP contribution in [0.3, 0.4) is 0 Å². The summed E-state index contributed by atoms with van der Waals surface area (Å²) < 4.78 is 1.06. The molecule has 0 amide bonds. The molecule has 0 spiro atoms. The fraction of sp³-hybridized carbons (Fsp3) is 0.150. The lowest BCUT2D eigenvalue weighted by molar-refractivity contribution is 0.780. The van der Waals surface area contributed by atoms with E-state index in [4.69, 9.17) is 12.2 Å². The van der Waals surface area contributed by atoms with Gasteiger partial charge in [-0.15, -0.1) is 0 Å². The molecule has 4 heteroatoms. The second-order valence-corrected chi connectivity index (χ2v) is 6.95. The van der Waals surface area contributed by atoms with E-state index in [9.17, 15) is 0 Å². The van der Waals surface area contributed by atoms with Gasteiger partial charge in [-0.3, -0.25) is 0 Å². The third-order valence-electron chi connectivity index (χ3n) is 3.89. The predicted molar refractivity (Wildman–Crippen MR) is 111 cm³/mol. The lowest BCUT2D eigenvalue weighted by Gasteiger charge is -2.11. The van der Waals surface area contributed by atoms with Crippen LogP contribution in [0.1, 0.15) is 12.0 Å². The van der Waals surface area contributed by atoms with Crippen LogP contribution in [0.2, 0.25) is 0 Å². The minimum Gasteiger partial charge on any atom is -0.362 e. The summed E-state index contributed by atoms with van der Waals surface area (Å²) in [5, 5.41) is 9.78. The fourth-order valence-electron chi connectivity index (χ4n) is 2.70. The molecule has 0 aliphatic heterocycles. The van der Waals surface area contributed by atoms with Gasteiger partial charge < -0.3 is 10.6 Å². The molecule has 24 heavy (non-hydrogen) atoms. The molecule has 0 saturated heterocycles. The molecule has 3 aromatic rings. The summed E-state index contributed by atoms with van der Waals surface area (Å²) in [5.74, 6) is 0. The first-order valence-electron chi connectivity index (χ1n) is 7.99. The largest absolute Gasteiger partial charge is 0.362 e. The molecule has 0 radical (unpaired) electrons. The second-order valence-electron chi connectivity index (χ2n) is 5.63. The van der Waals surface area contributed by atoms with Gasteiger partial charge in [0.05, 0.1) is 0 Å². The second kappa shape index (κ2) is 8.27. The highest BCUT2D eigenvalue weighted by atomic mass is 79.9. The lowest BCUT2D eigenvalue weighted by atomic mass is 10.0. The zero-order valence-electron chi connectivity index (χ0n) is 13.3. The van der Waals surface area contributed by atoms with E-state index in [2.05, 4.69) is 69.0 Å². The summed E-state index contributed by atoms with van der Waals surface area (Å²) in [4.78, 5) is 0. The van der Waals surface area contributed by atoms with Gasteiger partial charge in [0.25, 0.3) is 0 Å². The van der Waals surface area contributed by atoms with Gasteiger partial charge >= 0.3 is 0 Å². The Balaban J connectivity index is 1.48. The quantitative estimate of drug-likeness (QED) is 0.436. The van der Waals surface area contributed by atoms with Gasteiger partial charge in [0.1, 0.15) is 0 Å². The molecule has 0 unspecified atom stereocenters. The molecule has 3 rings (SSSR count). The number of fused-ring (bicyclic) bond motifs is 1. The van der Waals surface area contributed by atoms with Crippen molar-refractivity contribution in [2.75, 3.05) is 11.9 Å². The average molecular weight is 399 g/mol. The highest BCUT2D eigenvalue weighted by molar-refractivity contribution is 9.10. The van der Waals surface area contributed by atoms with Crippen LogP contribution >= 0.6 is 28.1 Å². The Labute approximate surface area is 156 Å². The zero-order valence-corrected chi connectivity index (χ0v) is 15.7. The van der Waals surface area contributed by atoms with Gasteiger partial charge in [-0.05, 0) is 65.7 Å². The van der Waals surface area contributed by atoms with Crippen molar-refractivity contribution in [1.29, 1.82) is 0 Å². The Morgan fingerprint density at radius 2 is 1.67 bits per heavy atom. The fourth-order valence-corrected chi connectivity index (χ4v) is 3.18. The minimum absolute atomic E-state index is 0.662. The predicted octanol–water partition coefficient (Wildman–Crippen LogP) is 5.52. The van der Waals surface area contributed by atoms with Gasteiger partial charge in [0.2, 0.25) is 0 Å². The SMILES string of the molecule is S=C(NCCCc1cccc2ccccc12)Nc1ccc(Br)cc1. The minimum atomic E-state index is 0.662. The van der Waals surface area contributed by atoms with Crippen molar-refractivity contribution in [2.24, 2.45) is 0 Å². The Morgan fingerprint density at radius 1 is 0.917 bits per heavy atom. The lowest BCUT2D eigenvalue weighted by Crippen LogP contribution is -2.29. The molecule has 0 atom stereocenters. The van der Waals surface area contributed by atoms with Crippen LogP contribution in [0.5, 0.6) is 0 Å². The number of benzene rings is 3. The van der Waals surface area contributed by atoms with Crippen molar-refractivity contribution >= 4 is 49.7 Å². The number of aryl methyl sites for hydroxylation is 1. The average Bonchev–Trinajstić information content (AvgIpc) is 2.61. The number of thiocarbonyl (C=S) groups is 1. The monoisotopic (exact) mass is 398 g/mol. The summed E-state index contributed by atoms with van der Waals surface area (Å²) in [7, 11) is 0. The van der Waals surface area contributed by atoms with Crippen LogP contribution < -0.4 is 10.6 Å². The van der Waals surface area contributed by atoms with Gasteiger partial charge in [-0.2, -0.15) is 0 Å². The van der Waals surface area contributed by atoms with Crippen molar-refractivity contribution in [3.8, 4) is 0 Å². The maximum atomic E-state index is 5.34. The number of hydrogen-bond acceptors (Lipinski definition) is 1. The Morgan fingerprint density at radius 3 is 2.50 bits per heavy atom. The molecule has 0 heterocycles. The van der Waals surface area contributed by atoms with E-state index in [1.54, 1.807) is 0 Å². The van der Waals surface area contributed by atoms with Crippen LogP contribution in [0.25, 0.3) is 10.8 Å². The Kier molecular flexibility index (Phi) is 5.83. The van der Waals surface area contributed by atoms with Crippen molar-refractivity contribution in [2.45, 2.75) is 12.8 Å². The molecule has 0 saturated carbocycles. The smallest absolute Gasteiger partial charge is 0.170 e. The highest BCUT2D eigenvalue weighted by Crippen LogP contribution is 2.19. The van der Waals surface area contributed by atoms with Crippen LogP contribution in [0.4, 0.5) is 5.69 Å². The third-order valence-corrected chi connectivity index (χ3v) is 4.67. The molecule has 0 aromatic heterocycles. The molecular weight excluding hydrogens is 380 g/mol. The summed E-state index contributed by atoms with van der Waals surface area (Å²) in [6.07, 6.45) is 2.07. The Hall–Kier alpha value is -1.91. The number of nitrogens with one attached hydrogen (secondary N) is 2. The molecule has 0 aliphatic carbocycles. The van der Waals surface area contributed by atoms with Crippen LogP contribution in [-0.2, 0) is 6.42 Å². The molecular formula is C20H19BrN2S. The van der Waals surface area contributed by atoms with Crippen LogP contribution in [-0.4, -0.2) is 11.7 Å². The van der Waals surface area contributed by atoms with E-state index in [0.717, 1.165) is 29.5 Å². The van der Waals surface area contributed by atoms with E-state index < -0.39 is 0 Å². The standard InChI is InChI=1S/C20H19BrN2S/c21-17-10-12-18(13-11-17)23-20(24)22-14-4-8-16-7-3-6-15-5-1-2-9-19(15)16/h1-3,5-7,9-13H,4,8,14H2,(H2,22,23,24). The number of rotatable bonds is 5. The van der Waals surface area contributed by atoms with Crippen molar-refractivity contribution in [3.05, 3.63) is 76.8 Å². The van der Waals surface area contributed by atoms with E-state index in [1.807, 2.05) is 24.3 Å². The zero-order chi connectivity index (χ0) is 16.8. The van der Waals surface area contributed by atoms with Crippen molar-refractivity contribution < 1.29 is 0 Å². The molecule has 2 nitrogen and oxygen atoms in total. The van der Waals surface area contributed by atoms with Gasteiger partial charge in [0, 0.05) is 16.7 Å². The van der Waals surface area contributed by atoms with Crippen molar-refractivity contribution in [1.82, 2.24) is 5.32 Å². The number of anilines is 1. The van der Waals surface area contributed by atoms with Crippen molar-refractivity contribution in [3.63, 3.8) is 0 Å². The topological polar surface area (TPSA) is 24.1 Å². The molecule has 0 aliphatic rings. The molecule has 3 aromatic carbocycles. The molecule has 0 bridgehead atoms. The van der Waals surface area contributed by atoms with Gasteiger partial charge in [-0.1, -0.05) is 58.4 Å². The Bertz CT molecular complexity index is 825. The number of halogens is 1. The highest BCUT2D eigenvalue weighted by Gasteiger charge is 2.01. The van der Waals surface area contributed by atoms with E-state index in [-0.39, 0.29) is 0 Å². The van der Waals surface area contributed by atoms with E-state index in [0.29, 0.717) is 5.11 Å². The first-order valence-corrected chi connectivity index (χ1v) is 9.19. The first kappa shape index (κ1) is 16.9.